The highest BCUT2D eigenvalue weighted by Gasteiger charge is 2.34. The summed E-state index contributed by atoms with van der Waals surface area (Å²) in [5.41, 5.74) is 15.7. The molecule has 12 heteroatoms. The Morgan fingerprint density at radius 2 is 1.97 bits per heavy atom. The van der Waals surface area contributed by atoms with E-state index >= 15 is 0 Å². The van der Waals surface area contributed by atoms with Crippen LogP contribution in [-0.2, 0) is 13.1 Å². The van der Waals surface area contributed by atoms with Gasteiger partial charge >= 0.3 is 0 Å². The zero-order chi connectivity index (χ0) is 24.9. The number of benzene rings is 1. The normalized spacial score (nSPS) is 20.1. The summed E-state index contributed by atoms with van der Waals surface area (Å²) in [4.78, 5) is 18.6. The van der Waals surface area contributed by atoms with Gasteiger partial charge in [0.2, 0.25) is 0 Å². The Morgan fingerprint density at radius 1 is 1.20 bits per heavy atom. The predicted molar refractivity (Wildman–Crippen MR) is 137 cm³/mol. The first-order valence-corrected chi connectivity index (χ1v) is 12.6. The van der Waals surface area contributed by atoms with Gasteiger partial charge in [0.1, 0.15) is 11.6 Å². The van der Waals surface area contributed by atoms with E-state index in [4.69, 9.17) is 34.5 Å². The van der Waals surface area contributed by atoms with Crippen LogP contribution < -0.4 is 10.6 Å². The van der Waals surface area contributed by atoms with Gasteiger partial charge in [0, 0.05) is 53.8 Å². The van der Waals surface area contributed by atoms with Gasteiger partial charge in [-0.2, -0.15) is 0 Å². The number of aromatic nitrogens is 2. The van der Waals surface area contributed by atoms with Crippen molar-refractivity contribution in [3.05, 3.63) is 55.9 Å². The van der Waals surface area contributed by atoms with Crippen molar-refractivity contribution >= 4 is 34.8 Å². The third-order valence-electron chi connectivity index (χ3n) is 6.96. The van der Waals surface area contributed by atoms with E-state index in [2.05, 4.69) is 41.6 Å². The summed E-state index contributed by atoms with van der Waals surface area (Å²) in [5, 5.41) is 4.20. The smallest absolute Gasteiger partial charge is 0.172 e. The first-order valence-electron chi connectivity index (χ1n) is 11.9. The second kappa shape index (κ2) is 11.6. The van der Waals surface area contributed by atoms with Crippen LogP contribution in [0.2, 0.25) is 10.2 Å². The lowest BCUT2D eigenvalue weighted by atomic mass is 9.98. The van der Waals surface area contributed by atoms with Gasteiger partial charge in [-0.05, 0) is 50.0 Å². The summed E-state index contributed by atoms with van der Waals surface area (Å²) in [7, 11) is 0. The molecule has 0 saturated carbocycles. The molecule has 188 valence electrons. The predicted octanol–water partition coefficient (Wildman–Crippen LogP) is 4.88. The highest BCUT2D eigenvalue weighted by Crippen LogP contribution is 2.30. The molecule has 35 heavy (non-hydrogen) atoms. The molecular formula is C23H30Cl2FN9. The van der Waals surface area contributed by atoms with Crippen molar-refractivity contribution in [2.75, 3.05) is 43.4 Å². The number of nitrogens with zero attached hydrogens (tertiary/aromatic N) is 8. The molecule has 4 rings (SSSR count). The highest BCUT2D eigenvalue weighted by atomic mass is 35.5. The number of rotatable bonds is 7. The highest BCUT2D eigenvalue weighted by molar-refractivity contribution is 6.31. The fourth-order valence-corrected chi connectivity index (χ4v) is 5.50. The van der Waals surface area contributed by atoms with E-state index in [-0.39, 0.29) is 23.3 Å². The summed E-state index contributed by atoms with van der Waals surface area (Å²) in [5.74, 6) is 0.568. The number of piperazine rings is 1. The molecule has 0 radical (unpaired) electrons. The zero-order valence-electron chi connectivity index (χ0n) is 19.7. The van der Waals surface area contributed by atoms with E-state index in [9.17, 15) is 4.39 Å². The number of piperidine rings is 1. The van der Waals surface area contributed by atoms with Gasteiger partial charge in [-0.25, -0.2) is 14.4 Å². The van der Waals surface area contributed by atoms with Gasteiger partial charge in [-0.1, -0.05) is 41.3 Å². The second-order valence-electron chi connectivity index (χ2n) is 9.05. The fraction of sp³-hybridized carbons (Fsp3) is 0.565. The number of halogens is 3. The molecule has 2 saturated heterocycles. The standard InChI is InChI=1S/C23H30Cl2FN9/c1-2-17-14-34(23-21(25)30-20(12-29-32-28)22(27)31-23)9-10-35(17)18-5-7-33(8-6-18)13-15-3-4-16(24)11-19(15)26/h3-4,11,17-18H,2,5-10,12-14H2,1H3,(H2,27,31)/t17-/m0/s1. The quantitative estimate of drug-likeness (QED) is 0.315. The van der Waals surface area contributed by atoms with Crippen LogP contribution in [0.4, 0.5) is 16.0 Å². The molecule has 0 spiro atoms. The van der Waals surface area contributed by atoms with E-state index < -0.39 is 0 Å². The number of hydrogen-bond donors (Lipinski definition) is 1. The number of azide groups is 1. The van der Waals surface area contributed by atoms with Crippen molar-refractivity contribution in [3.8, 4) is 0 Å². The molecule has 2 aliphatic heterocycles. The Hall–Kier alpha value is -2.36. The summed E-state index contributed by atoms with van der Waals surface area (Å²) < 4.78 is 14.2. The summed E-state index contributed by atoms with van der Waals surface area (Å²) >= 11 is 12.3. The largest absolute Gasteiger partial charge is 0.382 e. The minimum Gasteiger partial charge on any atom is -0.382 e. The Balaban J connectivity index is 1.36. The summed E-state index contributed by atoms with van der Waals surface area (Å²) in [6.07, 6.45) is 3.10. The van der Waals surface area contributed by atoms with Gasteiger partial charge in [-0.3, -0.25) is 9.80 Å². The van der Waals surface area contributed by atoms with E-state index in [1.54, 1.807) is 12.1 Å². The third kappa shape index (κ3) is 6.08. The molecule has 9 nitrogen and oxygen atoms in total. The van der Waals surface area contributed by atoms with Crippen molar-refractivity contribution in [3.63, 3.8) is 0 Å². The molecule has 2 fully saturated rings. The van der Waals surface area contributed by atoms with Crippen molar-refractivity contribution in [2.24, 2.45) is 5.11 Å². The zero-order valence-corrected chi connectivity index (χ0v) is 21.3. The van der Waals surface area contributed by atoms with Crippen molar-refractivity contribution in [2.45, 2.75) is 51.4 Å². The lowest BCUT2D eigenvalue weighted by molar-refractivity contribution is 0.0607. The van der Waals surface area contributed by atoms with Crippen LogP contribution in [0.3, 0.4) is 0 Å². The van der Waals surface area contributed by atoms with Crippen LogP contribution in [0.5, 0.6) is 0 Å². The number of likely N-dealkylation sites (tertiary alicyclic amines) is 1. The van der Waals surface area contributed by atoms with E-state index in [0.29, 0.717) is 40.7 Å². The van der Waals surface area contributed by atoms with Crippen LogP contribution in [0.15, 0.2) is 23.3 Å². The summed E-state index contributed by atoms with van der Waals surface area (Å²) in [6.45, 7) is 7.15. The van der Waals surface area contributed by atoms with Crippen LogP contribution in [0.1, 0.15) is 37.4 Å². The first-order chi connectivity index (χ1) is 16.9. The number of nitrogens with two attached hydrogens (primary N) is 1. The Morgan fingerprint density at radius 3 is 2.66 bits per heavy atom. The maximum absolute atomic E-state index is 14.2. The van der Waals surface area contributed by atoms with Crippen molar-refractivity contribution in [1.82, 2.24) is 19.8 Å². The van der Waals surface area contributed by atoms with Crippen LogP contribution in [-0.4, -0.2) is 64.6 Å². The van der Waals surface area contributed by atoms with Gasteiger partial charge in [0.25, 0.3) is 0 Å². The lowest BCUT2D eigenvalue weighted by Gasteiger charge is -2.47. The molecule has 1 aromatic heterocycles. The fourth-order valence-electron chi connectivity index (χ4n) is 5.07. The minimum absolute atomic E-state index is 0.0179. The van der Waals surface area contributed by atoms with Crippen LogP contribution in [0, 0.1) is 5.82 Å². The first kappa shape index (κ1) is 25.7. The van der Waals surface area contributed by atoms with Gasteiger partial charge < -0.3 is 10.6 Å². The topological polar surface area (TPSA) is 110 Å². The van der Waals surface area contributed by atoms with Gasteiger partial charge in [-0.15, -0.1) is 0 Å². The number of nitrogen functional groups attached to an aromatic ring is 1. The third-order valence-corrected chi connectivity index (χ3v) is 7.45. The Labute approximate surface area is 214 Å². The maximum atomic E-state index is 14.2. The monoisotopic (exact) mass is 521 g/mol. The second-order valence-corrected chi connectivity index (χ2v) is 9.84. The van der Waals surface area contributed by atoms with Crippen LogP contribution in [0.25, 0.3) is 10.4 Å². The van der Waals surface area contributed by atoms with Crippen LogP contribution >= 0.6 is 23.2 Å². The number of anilines is 2. The average Bonchev–Trinajstić information content (AvgIpc) is 2.86. The molecule has 2 N–H and O–H groups in total. The molecule has 0 aliphatic carbocycles. The van der Waals surface area contributed by atoms with E-state index in [1.807, 2.05) is 0 Å². The summed E-state index contributed by atoms with van der Waals surface area (Å²) in [6, 6.07) is 5.76. The van der Waals surface area contributed by atoms with E-state index in [0.717, 1.165) is 52.0 Å². The maximum Gasteiger partial charge on any atom is 0.172 e. The molecule has 2 aromatic rings. The number of hydrogen-bond acceptors (Lipinski definition) is 7. The van der Waals surface area contributed by atoms with Gasteiger partial charge in [0.05, 0.1) is 12.2 Å². The molecular weight excluding hydrogens is 492 g/mol. The SMILES string of the molecule is CC[C@H]1CN(c2nc(N)c(CN=[N+]=[N-])nc2Cl)CCN1C1CCN(Cc2ccc(Cl)cc2F)CC1. The van der Waals surface area contributed by atoms with E-state index in [1.165, 1.54) is 6.07 Å². The molecule has 0 unspecified atom stereocenters. The van der Waals surface area contributed by atoms with Crippen molar-refractivity contribution < 1.29 is 4.39 Å². The average molecular weight is 522 g/mol. The van der Waals surface area contributed by atoms with Gasteiger partial charge in [0.15, 0.2) is 11.0 Å². The lowest BCUT2D eigenvalue weighted by Crippen LogP contribution is -2.58. The Bertz CT molecular complexity index is 1090. The molecule has 3 heterocycles. The minimum atomic E-state index is -0.241. The van der Waals surface area contributed by atoms with Crippen molar-refractivity contribution in [1.29, 1.82) is 0 Å². The molecule has 1 aromatic carbocycles. The molecule has 0 bridgehead atoms. The molecule has 0 amide bonds. The molecule has 2 aliphatic rings. The molecule has 1 atom stereocenters. The Kier molecular flexibility index (Phi) is 8.51.